The van der Waals surface area contributed by atoms with Gasteiger partial charge in [0.05, 0.1) is 24.2 Å². The van der Waals surface area contributed by atoms with E-state index in [0.29, 0.717) is 23.2 Å². The van der Waals surface area contributed by atoms with Gasteiger partial charge in [0.1, 0.15) is 18.1 Å². The summed E-state index contributed by atoms with van der Waals surface area (Å²) in [5, 5.41) is 1.74. The van der Waals surface area contributed by atoms with Crippen molar-refractivity contribution in [1.82, 2.24) is 9.47 Å². The molecule has 1 saturated heterocycles. The Balaban J connectivity index is 1.38. The lowest BCUT2D eigenvalue weighted by molar-refractivity contribution is -0.121. The van der Waals surface area contributed by atoms with Gasteiger partial charge in [0.15, 0.2) is 5.17 Å². The highest BCUT2D eigenvalue weighted by Crippen LogP contribution is 2.35. The number of ether oxygens (including phenoxy) is 2. The third kappa shape index (κ3) is 4.95. The molecule has 0 atom stereocenters. The predicted molar refractivity (Wildman–Crippen MR) is 142 cm³/mol. The van der Waals surface area contributed by atoms with Crippen LogP contribution in [0.3, 0.4) is 0 Å². The van der Waals surface area contributed by atoms with E-state index in [0.717, 1.165) is 33.7 Å². The summed E-state index contributed by atoms with van der Waals surface area (Å²) < 4.78 is 13.3. The fraction of sp³-hybridized carbons (Fsp3) is 0.143. The van der Waals surface area contributed by atoms with Gasteiger partial charge in [-0.25, -0.2) is 4.99 Å². The van der Waals surface area contributed by atoms with Gasteiger partial charge in [-0.1, -0.05) is 36.4 Å². The lowest BCUT2D eigenvalue weighted by Crippen LogP contribution is -2.23. The molecule has 0 bridgehead atoms. The van der Waals surface area contributed by atoms with Crippen molar-refractivity contribution in [3.8, 4) is 11.5 Å². The van der Waals surface area contributed by atoms with Gasteiger partial charge in [0.2, 0.25) is 0 Å². The normalized spacial score (nSPS) is 15.9. The number of benzene rings is 3. The first-order valence-corrected chi connectivity index (χ1v) is 12.1. The van der Waals surface area contributed by atoms with Gasteiger partial charge in [-0.2, -0.15) is 0 Å². The molecule has 176 valence electrons. The highest BCUT2D eigenvalue weighted by molar-refractivity contribution is 8.18. The Morgan fingerprint density at radius 1 is 0.943 bits per heavy atom. The number of aliphatic imine (C=N–C) groups is 1. The standard InChI is InChI=1S/C28H25N3O3S/c1-30-27(32)26(35-28(30)29-21-12-14-22(33-2)15-13-21)18-20-19-31(25-11-7-6-10-24(20)25)16-17-34-23-8-4-3-5-9-23/h3-15,18-19H,16-17H2,1-2H3. The monoisotopic (exact) mass is 483 g/mol. The van der Waals surface area contributed by atoms with E-state index in [2.05, 4.69) is 27.9 Å². The third-order valence-corrected chi connectivity index (χ3v) is 6.81. The number of amides is 1. The van der Waals surface area contributed by atoms with Crippen molar-refractivity contribution in [3.05, 3.63) is 95.5 Å². The van der Waals surface area contributed by atoms with Crippen molar-refractivity contribution in [3.63, 3.8) is 0 Å². The van der Waals surface area contributed by atoms with Crippen LogP contribution in [-0.2, 0) is 11.3 Å². The summed E-state index contributed by atoms with van der Waals surface area (Å²) in [7, 11) is 3.38. The maximum atomic E-state index is 13.0. The van der Waals surface area contributed by atoms with Gasteiger partial charge in [-0.05, 0) is 60.3 Å². The number of aromatic nitrogens is 1. The Hall–Kier alpha value is -3.97. The summed E-state index contributed by atoms with van der Waals surface area (Å²) >= 11 is 1.38. The van der Waals surface area contributed by atoms with E-state index < -0.39 is 0 Å². The summed E-state index contributed by atoms with van der Waals surface area (Å²) in [6.45, 7) is 1.25. The molecule has 1 aromatic heterocycles. The molecule has 0 N–H and O–H groups in total. The van der Waals surface area contributed by atoms with E-state index in [-0.39, 0.29) is 5.91 Å². The lowest BCUT2D eigenvalue weighted by Gasteiger charge is -2.08. The second-order valence-electron chi connectivity index (χ2n) is 8.02. The Labute approximate surface area is 208 Å². The van der Waals surface area contributed by atoms with E-state index in [4.69, 9.17) is 9.47 Å². The molecule has 0 spiro atoms. The molecule has 35 heavy (non-hydrogen) atoms. The first-order chi connectivity index (χ1) is 17.1. The SMILES string of the molecule is COc1ccc(N=C2SC(=Cc3cn(CCOc4ccccc4)c4ccccc34)C(=O)N2C)cc1. The number of hydrogen-bond acceptors (Lipinski definition) is 5. The molecule has 2 heterocycles. The molecule has 6 nitrogen and oxygen atoms in total. The largest absolute Gasteiger partial charge is 0.497 e. The van der Waals surface area contributed by atoms with Crippen LogP contribution < -0.4 is 9.47 Å². The molecular formula is C28H25N3O3S. The van der Waals surface area contributed by atoms with Crippen molar-refractivity contribution in [2.75, 3.05) is 20.8 Å². The second-order valence-corrected chi connectivity index (χ2v) is 9.03. The van der Waals surface area contributed by atoms with Gasteiger partial charge >= 0.3 is 0 Å². The van der Waals surface area contributed by atoms with Gasteiger partial charge in [-0.15, -0.1) is 0 Å². The Bertz CT molecular complexity index is 1410. The number of methoxy groups -OCH3 is 1. The lowest BCUT2D eigenvalue weighted by atomic mass is 10.1. The molecule has 7 heteroatoms. The van der Waals surface area contributed by atoms with Crippen molar-refractivity contribution in [2.45, 2.75) is 6.54 Å². The average Bonchev–Trinajstić information content (AvgIpc) is 3.37. The van der Waals surface area contributed by atoms with Crippen LogP contribution in [0, 0.1) is 0 Å². The minimum Gasteiger partial charge on any atom is -0.497 e. The fourth-order valence-electron chi connectivity index (χ4n) is 3.91. The first kappa shape index (κ1) is 22.8. The number of carbonyl (C=O) groups excluding carboxylic acids is 1. The van der Waals surface area contributed by atoms with E-state index in [1.54, 1.807) is 19.1 Å². The van der Waals surface area contributed by atoms with E-state index in [1.165, 1.54) is 11.8 Å². The van der Waals surface area contributed by atoms with Crippen LogP contribution in [0.5, 0.6) is 11.5 Å². The molecule has 0 radical (unpaired) electrons. The summed E-state index contributed by atoms with van der Waals surface area (Å²) in [4.78, 5) is 19.9. The number of rotatable bonds is 7. The zero-order valence-electron chi connectivity index (χ0n) is 19.5. The number of likely N-dealkylation sites (N-methyl/N-ethyl adjacent to an activating group) is 1. The number of nitrogens with zero attached hydrogens (tertiary/aromatic N) is 3. The maximum Gasteiger partial charge on any atom is 0.266 e. The fourth-order valence-corrected chi connectivity index (χ4v) is 4.89. The number of fused-ring (bicyclic) bond motifs is 1. The molecule has 0 unspecified atom stereocenters. The van der Waals surface area contributed by atoms with E-state index >= 15 is 0 Å². The molecule has 0 saturated carbocycles. The van der Waals surface area contributed by atoms with E-state index in [9.17, 15) is 4.79 Å². The molecule has 0 aliphatic carbocycles. The maximum absolute atomic E-state index is 13.0. The van der Waals surface area contributed by atoms with Crippen LogP contribution in [0.2, 0.25) is 0 Å². The van der Waals surface area contributed by atoms with Gasteiger partial charge in [0, 0.05) is 29.7 Å². The van der Waals surface area contributed by atoms with Crippen LogP contribution in [0.1, 0.15) is 5.56 Å². The third-order valence-electron chi connectivity index (χ3n) is 5.75. The molecule has 5 rings (SSSR count). The number of carbonyl (C=O) groups is 1. The van der Waals surface area contributed by atoms with Gasteiger partial charge < -0.3 is 14.0 Å². The van der Waals surface area contributed by atoms with Gasteiger partial charge in [-0.3, -0.25) is 9.69 Å². The van der Waals surface area contributed by atoms with Crippen LogP contribution >= 0.6 is 11.8 Å². The minimum atomic E-state index is -0.0634. The smallest absolute Gasteiger partial charge is 0.266 e. The highest BCUT2D eigenvalue weighted by atomic mass is 32.2. The second kappa shape index (κ2) is 10.1. The van der Waals surface area contributed by atoms with Gasteiger partial charge in [0.25, 0.3) is 5.91 Å². The zero-order chi connectivity index (χ0) is 24.2. The van der Waals surface area contributed by atoms with Crippen molar-refractivity contribution >= 4 is 45.5 Å². The predicted octanol–water partition coefficient (Wildman–Crippen LogP) is 5.96. The van der Waals surface area contributed by atoms with Crippen LogP contribution in [0.25, 0.3) is 17.0 Å². The molecule has 1 amide bonds. The number of amidine groups is 1. The molecule has 1 aliphatic rings. The van der Waals surface area contributed by atoms with Crippen molar-refractivity contribution < 1.29 is 14.3 Å². The van der Waals surface area contributed by atoms with E-state index in [1.807, 2.05) is 72.8 Å². The van der Waals surface area contributed by atoms with Crippen molar-refractivity contribution in [2.24, 2.45) is 4.99 Å². The Morgan fingerprint density at radius 2 is 1.69 bits per heavy atom. The van der Waals surface area contributed by atoms with Crippen LogP contribution in [0.4, 0.5) is 5.69 Å². The summed E-state index contributed by atoms with van der Waals surface area (Å²) in [6, 6.07) is 25.5. The number of hydrogen-bond donors (Lipinski definition) is 0. The minimum absolute atomic E-state index is 0.0634. The first-order valence-electron chi connectivity index (χ1n) is 11.3. The summed E-state index contributed by atoms with van der Waals surface area (Å²) in [5.74, 6) is 1.56. The molecule has 3 aromatic carbocycles. The van der Waals surface area contributed by atoms with Crippen LogP contribution in [-0.4, -0.2) is 41.3 Å². The number of para-hydroxylation sites is 2. The molecule has 1 fully saturated rings. The molecule has 1 aliphatic heterocycles. The Morgan fingerprint density at radius 3 is 2.46 bits per heavy atom. The topological polar surface area (TPSA) is 56.1 Å². The highest BCUT2D eigenvalue weighted by Gasteiger charge is 2.30. The quantitative estimate of drug-likeness (QED) is 0.304. The summed E-state index contributed by atoms with van der Waals surface area (Å²) in [5.41, 5.74) is 2.87. The molecule has 4 aromatic rings. The van der Waals surface area contributed by atoms with Crippen molar-refractivity contribution in [1.29, 1.82) is 0 Å². The Kier molecular flexibility index (Phi) is 6.59. The molecular weight excluding hydrogens is 458 g/mol. The zero-order valence-corrected chi connectivity index (χ0v) is 20.4. The number of thioether (sulfide) groups is 1. The van der Waals surface area contributed by atoms with Crippen LogP contribution in [0.15, 0.2) is 95.0 Å². The summed E-state index contributed by atoms with van der Waals surface area (Å²) in [6.07, 6.45) is 4.04. The average molecular weight is 484 g/mol.